The van der Waals surface area contributed by atoms with Gasteiger partial charge in [-0.2, -0.15) is 0 Å². The fourth-order valence-corrected chi connectivity index (χ4v) is 1.59. The van der Waals surface area contributed by atoms with E-state index in [1.807, 2.05) is 24.3 Å². The zero-order valence-electron chi connectivity index (χ0n) is 7.56. The van der Waals surface area contributed by atoms with Gasteiger partial charge in [-0.1, -0.05) is 35.6 Å². The quantitative estimate of drug-likeness (QED) is 0.553. The van der Waals surface area contributed by atoms with Gasteiger partial charge in [0.1, 0.15) is 5.69 Å². The van der Waals surface area contributed by atoms with Crippen molar-refractivity contribution in [2.24, 2.45) is 0 Å². The van der Waals surface area contributed by atoms with Gasteiger partial charge < -0.3 is 4.52 Å². The van der Waals surface area contributed by atoms with Crippen molar-refractivity contribution in [3.05, 3.63) is 47.1 Å². The predicted molar refractivity (Wildman–Crippen MR) is 58.7 cm³/mol. The van der Waals surface area contributed by atoms with Crippen LogP contribution in [0.3, 0.4) is 0 Å². The molecule has 1 heterocycles. The molecule has 0 spiro atoms. The first-order valence-electron chi connectivity index (χ1n) is 4.31. The van der Waals surface area contributed by atoms with E-state index in [0.29, 0.717) is 6.42 Å². The van der Waals surface area contributed by atoms with Crippen LogP contribution in [0.2, 0.25) is 0 Å². The Kier molecular flexibility index (Phi) is 2.41. The zero-order valence-corrected chi connectivity index (χ0v) is 8.38. The number of nitrogens with zero attached hydrogens (tertiary/aromatic N) is 1. The molecule has 14 heavy (non-hydrogen) atoms. The van der Waals surface area contributed by atoms with E-state index in [1.54, 1.807) is 6.08 Å². The first kappa shape index (κ1) is 9.09. The number of aromatic nitrogens is 1. The Morgan fingerprint density at radius 2 is 2.21 bits per heavy atom. The largest absolute Gasteiger partial charge is 0.356 e. The number of hydrogen-bond donors (Lipinski definition) is 0. The maximum absolute atomic E-state index is 5.29. The molecule has 70 valence electrons. The lowest BCUT2D eigenvalue weighted by Crippen LogP contribution is -1.89. The maximum atomic E-state index is 5.29. The van der Waals surface area contributed by atoms with Crippen molar-refractivity contribution in [2.45, 2.75) is 6.42 Å². The van der Waals surface area contributed by atoms with E-state index in [4.69, 9.17) is 16.7 Å². The second kappa shape index (κ2) is 3.72. The Morgan fingerprint density at radius 1 is 1.43 bits per heavy atom. The lowest BCUT2D eigenvalue weighted by molar-refractivity contribution is 0.430. The zero-order chi connectivity index (χ0) is 9.97. The third kappa shape index (κ3) is 1.46. The molecule has 0 unspecified atom stereocenters. The highest BCUT2D eigenvalue weighted by atomic mass is 32.1. The Hall–Kier alpha value is -1.48. The van der Waals surface area contributed by atoms with Crippen molar-refractivity contribution in [3.8, 4) is 0 Å². The van der Waals surface area contributed by atoms with E-state index in [9.17, 15) is 0 Å². The lowest BCUT2D eigenvalue weighted by atomic mass is 10.2. The Morgan fingerprint density at radius 3 is 3.00 bits per heavy atom. The van der Waals surface area contributed by atoms with Gasteiger partial charge in [-0.25, -0.2) is 0 Å². The molecule has 0 atom stereocenters. The highest BCUT2D eigenvalue weighted by Crippen LogP contribution is 2.16. The SMILES string of the molecule is C=CCc1noc2ccccc2c1=S. The molecule has 0 radical (unpaired) electrons. The number of para-hydroxylation sites is 1. The van der Waals surface area contributed by atoms with Crippen LogP contribution in [0.15, 0.2) is 41.4 Å². The summed E-state index contributed by atoms with van der Waals surface area (Å²) in [7, 11) is 0. The van der Waals surface area contributed by atoms with Crippen molar-refractivity contribution in [1.29, 1.82) is 0 Å². The molecule has 0 aliphatic rings. The van der Waals surface area contributed by atoms with E-state index in [-0.39, 0.29) is 0 Å². The van der Waals surface area contributed by atoms with Gasteiger partial charge in [0, 0.05) is 11.8 Å². The van der Waals surface area contributed by atoms with Crippen LogP contribution in [-0.2, 0) is 6.42 Å². The molecule has 0 saturated heterocycles. The third-order valence-corrected chi connectivity index (χ3v) is 2.44. The van der Waals surface area contributed by atoms with Gasteiger partial charge in [0.15, 0.2) is 5.58 Å². The Labute approximate surface area is 86.9 Å². The van der Waals surface area contributed by atoms with Crippen LogP contribution in [0, 0.1) is 4.51 Å². The number of allylic oxidation sites excluding steroid dienone is 1. The smallest absolute Gasteiger partial charge is 0.166 e. The summed E-state index contributed by atoms with van der Waals surface area (Å²) < 4.78 is 5.97. The fourth-order valence-electron chi connectivity index (χ4n) is 1.30. The van der Waals surface area contributed by atoms with Gasteiger partial charge in [0.25, 0.3) is 0 Å². The van der Waals surface area contributed by atoms with Crippen LogP contribution >= 0.6 is 12.2 Å². The normalized spacial score (nSPS) is 10.3. The van der Waals surface area contributed by atoms with Crippen LogP contribution in [0.5, 0.6) is 0 Å². The van der Waals surface area contributed by atoms with Gasteiger partial charge in [0.2, 0.25) is 0 Å². The second-order valence-electron chi connectivity index (χ2n) is 2.95. The van der Waals surface area contributed by atoms with E-state index in [0.717, 1.165) is 21.2 Å². The van der Waals surface area contributed by atoms with Crippen LogP contribution in [0.1, 0.15) is 5.69 Å². The van der Waals surface area contributed by atoms with Crippen LogP contribution in [0.25, 0.3) is 11.0 Å². The molecular weight excluding hydrogens is 194 g/mol. The van der Waals surface area contributed by atoms with Crippen molar-refractivity contribution in [2.75, 3.05) is 0 Å². The van der Waals surface area contributed by atoms with Gasteiger partial charge in [-0.15, -0.1) is 6.58 Å². The number of hydrogen-bond acceptors (Lipinski definition) is 3. The number of rotatable bonds is 2. The molecule has 0 N–H and O–H groups in total. The summed E-state index contributed by atoms with van der Waals surface area (Å²) in [5, 5.41) is 4.88. The highest BCUT2D eigenvalue weighted by molar-refractivity contribution is 7.71. The summed E-state index contributed by atoms with van der Waals surface area (Å²) in [6.07, 6.45) is 2.41. The van der Waals surface area contributed by atoms with E-state index in [1.165, 1.54) is 0 Å². The Bertz CT molecular complexity index is 530. The van der Waals surface area contributed by atoms with Crippen LogP contribution in [0.4, 0.5) is 0 Å². The Balaban J connectivity index is 2.75. The molecule has 2 aromatic rings. The molecule has 2 rings (SSSR count). The van der Waals surface area contributed by atoms with Gasteiger partial charge >= 0.3 is 0 Å². The second-order valence-corrected chi connectivity index (χ2v) is 3.36. The summed E-state index contributed by atoms with van der Waals surface area (Å²) in [5.74, 6) is 0. The van der Waals surface area contributed by atoms with Gasteiger partial charge in [0.05, 0.1) is 4.51 Å². The molecule has 1 aromatic carbocycles. The first-order valence-corrected chi connectivity index (χ1v) is 4.72. The van der Waals surface area contributed by atoms with E-state index >= 15 is 0 Å². The van der Waals surface area contributed by atoms with E-state index < -0.39 is 0 Å². The fraction of sp³-hybridized carbons (Fsp3) is 0.0909. The minimum Gasteiger partial charge on any atom is -0.356 e. The predicted octanol–water partition coefficient (Wildman–Crippen LogP) is 3.29. The average Bonchev–Trinajstić information content (AvgIpc) is 2.23. The molecule has 0 amide bonds. The van der Waals surface area contributed by atoms with Crippen molar-refractivity contribution in [3.63, 3.8) is 0 Å². The van der Waals surface area contributed by atoms with E-state index in [2.05, 4.69) is 11.7 Å². The molecule has 0 aliphatic heterocycles. The molecule has 0 saturated carbocycles. The molecule has 0 bridgehead atoms. The topological polar surface area (TPSA) is 26.0 Å². The summed E-state index contributed by atoms with van der Waals surface area (Å²) >= 11 is 5.29. The van der Waals surface area contributed by atoms with Crippen molar-refractivity contribution >= 4 is 23.2 Å². The monoisotopic (exact) mass is 203 g/mol. The van der Waals surface area contributed by atoms with Crippen molar-refractivity contribution < 1.29 is 4.52 Å². The summed E-state index contributed by atoms with van der Waals surface area (Å²) in [6.45, 7) is 3.65. The average molecular weight is 203 g/mol. The molecular formula is C11H9NOS. The molecule has 0 aliphatic carbocycles. The number of benzene rings is 1. The molecule has 1 aromatic heterocycles. The lowest BCUT2D eigenvalue weighted by Gasteiger charge is -1.98. The molecule has 0 fully saturated rings. The summed E-state index contributed by atoms with van der Waals surface area (Å²) in [4.78, 5) is 0. The van der Waals surface area contributed by atoms with Crippen molar-refractivity contribution in [1.82, 2.24) is 5.16 Å². The summed E-state index contributed by atoms with van der Waals surface area (Å²) in [6, 6.07) is 7.63. The minimum atomic E-state index is 0.646. The first-order chi connectivity index (χ1) is 6.83. The van der Waals surface area contributed by atoms with Gasteiger partial charge in [-0.3, -0.25) is 0 Å². The van der Waals surface area contributed by atoms with Crippen LogP contribution in [-0.4, -0.2) is 5.16 Å². The molecule has 3 heteroatoms. The minimum absolute atomic E-state index is 0.646. The number of fused-ring (bicyclic) bond motifs is 1. The maximum Gasteiger partial charge on any atom is 0.166 e. The third-order valence-electron chi connectivity index (χ3n) is 1.99. The summed E-state index contributed by atoms with van der Waals surface area (Å²) in [5.41, 5.74) is 1.50. The highest BCUT2D eigenvalue weighted by Gasteiger charge is 2.02. The van der Waals surface area contributed by atoms with Crippen LogP contribution < -0.4 is 0 Å². The standard InChI is InChI=1S/C11H9NOS/c1-2-5-9-11(14)8-6-3-4-7-10(8)13-12-9/h2-4,6-7H,1,5H2. The van der Waals surface area contributed by atoms with Gasteiger partial charge in [-0.05, 0) is 12.1 Å². The molecule has 2 nitrogen and oxygen atoms in total.